The Labute approximate surface area is 88.9 Å². The van der Waals surface area contributed by atoms with Gasteiger partial charge in [0.1, 0.15) is 0 Å². The van der Waals surface area contributed by atoms with Crippen LogP contribution in [0.1, 0.15) is 31.7 Å². The molecule has 0 radical (unpaired) electrons. The third kappa shape index (κ3) is 4.42. The molecule has 0 saturated carbocycles. The highest BCUT2D eigenvalue weighted by Gasteiger charge is 2.02. The summed E-state index contributed by atoms with van der Waals surface area (Å²) in [7, 11) is 0. The molecule has 0 aromatic carbocycles. The second-order valence-corrected chi connectivity index (χ2v) is 3.99. The average molecular weight is 212 g/mol. The molecule has 1 rings (SSSR count). The Morgan fingerprint density at radius 2 is 2.43 bits per heavy atom. The van der Waals surface area contributed by atoms with Crippen LogP contribution in [0.15, 0.2) is 16.8 Å². The topological polar surface area (TPSA) is 26.3 Å². The molecule has 2 nitrogen and oxygen atoms in total. The predicted octanol–water partition coefficient (Wildman–Crippen LogP) is 3.02. The van der Waals surface area contributed by atoms with Gasteiger partial charge < -0.3 is 4.74 Å². The molecule has 0 atom stereocenters. The molecule has 1 aromatic heterocycles. The quantitative estimate of drug-likeness (QED) is 0.535. The monoisotopic (exact) mass is 212 g/mol. The van der Waals surface area contributed by atoms with E-state index in [1.54, 1.807) is 11.3 Å². The van der Waals surface area contributed by atoms with Crippen LogP contribution in [0.4, 0.5) is 0 Å². The van der Waals surface area contributed by atoms with E-state index < -0.39 is 0 Å². The van der Waals surface area contributed by atoms with Crippen molar-refractivity contribution in [2.24, 2.45) is 0 Å². The zero-order chi connectivity index (χ0) is 10.2. The van der Waals surface area contributed by atoms with Crippen molar-refractivity contribution in [3.05, 3.63) is 22.4 Å². The van der Waals surface area contributed by atoms with Gasteiger partial charge in [-0.1, -0.05) is 13.3 Å². The van der Waals surface area contributed by atoms with Crippen molar-refractivity contribution >= 4 is 17.3 Å². The summed E-state index contributed by atoms with van der Waals surface area (Å²) in [6.45, 7) is 2.65. The van der Waals surface area contributed by atoms with Crippen LogP contribution in [-0.4, -0.2) is 12.6 Å². The van der Waals surface area contributed by atoms with Crippen molar-refractivity contribution in [3.8, 4) is 0 Å². The van der Waals surface area contributed by atoms with Gasteiger partial charge in [0.15, 0.2) is 0 Å². The van der Waals surface area contributed by atoms with E-state index in [2.05, 4.69) is 12.3 Å². The van der Waals surface area contributed by atoms with Crippen LogP contribution in [0.3, 0.4) is 0 Å². The second kappa shape index (κ2) is 6.60. The van der Waals surface area contributed by atoms with Gasteiger partial charge in [-0.2, -0.15) is 11.3 Å². The number of hydrogen-bond acceptors (Lipinski definition) is 3. The van der Waals surface area contributed by atoms with Gasteiger partial charge in [0.2, 0.25) is 0 Å². The summed E-state index contributed by atoms with van der Waals surface area (Å²) >= 11 is 1.66. The lowest BCUT2D eigenvalue weighted by Gasteiger charge is -2.02. The van der Waals surface area contributed by atoms with Gasteiger partial charge in [-0.3, -0.25) is 4.79 Å². The number of ether oxygens (including phenoxy) is 1. The highest BCUT2D eigenvalue weighted by atomic mass is 32.1. The summed E-state index contributed by atoms with van der Waals surface area (Å²) in [4.78, 5) is 11.2. The molecule has 0 unspecified atom stereocenters. The Hall–Kier alpha value is -0.830. The molecular formula is C11H16O2S. The molecular weight excluding hydrogens is 196 g/mol. The van der Waals surface area contributed by atoms with Gasteiger partial charge in [-0.15, -0.1) is 0 Å². The Balaban J connectivity index is 2.09. The lowest BCUT2D eigenvalue weighted by atomic mass is 10.2. The van der Waals surface area contributed by atoms with Crippen LogP contribution in [0, 0.1) is 0 Å². The normalized spacial score (nSPS) is 10.1. The van der Waals surface area contributed by atoms with Gasteiger partial charge in [0.05, 0.1) is 6.61 Å². The van der Waals surface area contributed by atoms with Crippen molar-refractivity contribution in [2.45, 2.75) is 32.6 Å². The largest absolute Gasteiger partial charge is 0.466 e. The van der Waals surface area contributed by atoms with Crippen LogP contribution >= 0.6 is 11.3 Å². The first-order chi connectivity index (χ1) is 6.83. The minimum absolute atomic E-state index is 0.0790. The van der Waals surface area contributed by atoms with E-state index in [0.29, 0.717) is 13.0 Å². The smallest absolute Gasteiger partial charge is 0.306 e. The molecule has 1 aromatic rings. The molecule has 0 aliphatic heterocycles. The summed E-state index contributed by atoms with van der Waals surface area (Å²) in [5.74, 6) is -0.0790. The van der Waals surface area contributed by atoms with E-state index in [-0.39, 0.29) is 5.97 Å². The molecule has 0 saturated heterocycles. The number of aryl methyl sites for hydroxylation is 1. The fraction of sp³-hybridized carbons (Fsp3) is 0.545. The fourth-order valence-electron chi connectivity index (χ4n) is 1.08. The van der Waals surface area contributed by atoms with E-state index in [1.807, 2.05) is 11.4 Å². The molecule has 0 N–H and O–H groups in total. The maximum absolute atomic E-state index is 11.2. The van der Waals surface area contributed by atoms with E-state index in [1.165, 1.54) is 5.56 Å². The highest BCUT2D eigenvalue weighted by molar-refractivity contribution is 7.07. The van der Waals surface area contributed by atoms with Crippen molar-refractivity contribution in [3.63, 3.8) is 0 Å². The zero-order valence-corrected chi connectivity index (χ0v) is 9.31. The first-order valence-electron chi connectivity index (χ1n) is 4.99. The summed E-state index contributed by atoms with van der Waals surface area (Å²) in [5.41, 5.74) is 1.22. The summed E-state index contributed by atoms with van der Waals surface area (Å²) < 4.78 is 5.05. The number of carbonyl (C=O) groups excluding carboxylic acids is 1. The van der Waals surface area contributed by atoms with Crippen LogP contribution in [0.2, 0.25) is 0 Å². The van der Waals surface area contributed by atoms with Crippen molar-refractivity contribution in [1.29, 1.82) is 0 Å². The number of esters is 1. The Bertz CT molecular complexity index is 254. The van der Waals surface area contributed by atoms with Crippen LogP contribution in [-0.2, 0) is 16.0 Å². The van der Waals surface area contributed by atoms with Crippen molar-refractivity contribution in [1.82, 2.24) is 0 Å². The highest BCUT2D eigenvalue weighted by Crippen LogP contribution is 2.08. The van der Waals surface area contributed by atoms with Crippen LogP contribution in [0.25, 0.3) is 0 Å². The SMILES string of the molecule is CCCCOC(=O)CCc1ccsc1. The predicted molar refractivity (Wildman–Crippen MR) is 58.5 cm³/mol. The first-order valence-corrected chi connectivity index (χ1v) is 5.94. The standard InChI is InChI=1S/C11H16O2S/c1-2-3-7-13-11(12)5-4-10-6-8-14-9-10/h6,8-9H,2-5,7H2,1H3. The molecule has 0 aliphatic carbocycles. The number of thiophene rings is 1. The van der Waals surface area contributed by atoms with Gasteiger partial charge in [-0.25, -0.2) is 0 Å². The Kier molecular flexibility index (Phi) is 5.30. The minimum atomic E-state index is -0.0790. The number of carbonyl (C=O) groups is 1. The zero-order valence-electron chi connectivity index (χ0n) is 8.49. The van der Waals surface area contributed by atoms with Crippen molar-refractivity contribution in [2.75, 3.05) is 6.61 Å². The van der Waals surface area contributed by atoms with E-state index >= 15 is 0 Å². The first kappa shape index (κ1) is 11.2. The van der Waals surface area contributed by atoms with E-state index in [9.17, 15) is 4.79 Å². The third-order valence-electron chi connectivity index (χ3n) is 1.96. The summed E-state index contributed by atoms with van der Waals surface area (Å²) in [5, 5.41) is 4.09. The maximum atomic E-state index is 11.2. The van der Waals surface area contributed by atoms with Gasteiger partial charge >= 0.3 is 5.97 Å². The maximum Gasteiger partial charge on any atom is 0.306 e. The molecule has 0 spiro atoms. The summed E-state index contributed by atoms with van der Waals surface area (Å²) in [6, 6.07) is 2.05. The number of hydrogen-bond donors (Lipinski definition) is 0. The van der Waals surface area contributed by atoms with Gasteiger partial charge in [-0.05, 0) is 35.2 Å². The van der Waals surface area contributed by atoms with Crippen molar-refractivity contribution < 1.29 is 9.53 Å². The molecule has 14 heavy (non-hydrogen) atoms. The molecule has 3 heteroatoms. The molecule has 0 fully saturated rings. The molecule has 0 amide bonds. The summed E-state index contributed by atoms with van der Waals surface area (Å²) in [6.07, 6.45) is 3.33. The third-order valence-corrected chi connectivity index (χ3v) is 2.69. The van der Waals surface area contributed by atoms with Crippen LogP contribution < -0.4 is 0 Å². The molecule has 0 aliphatic rings. The fourth-order valence-corrected chi connectivity index (χ4v) is 1.79. The minimum Gasteiger partial charge on any atom is -0.466 e. The van der Waals surface area contributed by atoms with Gasteiger partial charge in [0, 0.05) is 6.42 Å². The lowest BCUT2D eigenvalue weighted by Crippen LogP contribution is -2.06. The molecule has 78 valence electrons. The van der Waals surface area contributed by atoms with Gasteiger partial charge in [0.25, 0.3) is 0 Å². The Morgan fingerprint density at radius 3 is 3.07 bits per heavy atom. The van der Waals surface area contributed by atoms with Crippen LogP contribution in [0.5, 0.6) is 0 Å². The molecule has 1 heterocycles. The average Bonchev–Trinajstić information content (AvgIpc) is 2.68. The number of unbranched alkanes of at least 4 members (excludes halogenated alkanes) is 1. The van der Waals surface area contributed by atoms with E-state index in [4.69, 9.17) is 4.74 Å². The Morgan fingerprint density at radius 1 is 1.57 bits per heavy atom. The molecule has 0 bridgehead atoms. The second-order valence-electron chi connectivity index (χ2n) is 3.21. The number of rotatable bonds is 6. The lowest BCUT2D eigenvalue weighted by molar-refractivity contribution is -0.143. The van der Waals surface area contributed by atoms with E-state index in [0.717, 1.165) is 19.3 Å².